The minimum atomic E-state index is -0.848. The van der Waals surface area contributed by atoms with E-state index in [2.05, 4.69) is 0 Å². The van der Waals surface area contributed by atoms with Crippen molar-refractivity contribution in [2.45, 2.75) is 32.7 Å². The van der Waals surface area contributed by atoms with Gasteiger partial charge in [-0.3, -0.25) is 4.79 Å². The summed E-state index contributed by atoms with van der Waals surface area (Å²) in [6.45, 7) is 3.62. The molecule has 0 aliphatic rings. The topological polar surface area (TPSA) is 49.8 Å². The highest BCUT2D eigenvalue weighted by atomic mass is 19.1. The molecule has 0 heterocycles. The van der Waals surface area contributed by atoms with Crippen LogP contribution in [0.25, 0.3) is 0 Å². The zero-order chi connectivity index (χ0) is 15.8. The quantitative estimate of drug-likeness (QED) is 0.802. The van der Waals surface area contributed by atoms with E-state index >= 15 is 0 Å². The van der Waals surface area contributed by atoms with Crippen LogP contribution in [0.4, 0.5) is 8.78 Å². The molecule has 0 radical (unpaired) electrons. The Balaban J connectivity index is 2.68. The van der Waals surface area contributed by atoms with Gasteiger partial charge in [0.15, 0.2) is 18.2 Å². The molecule has 0 spiro atoms. The molecular weight excluding hydrogens is 280 g/mol. The molecule has 0 bridgehead atoms. The molecule has 1 amide bonds. The van der Waals surface area contributed by atoms with Gasteiger partial charge in [0.1, 0.15) is 5.82 Å². The van der Waals surface area contributed by atoms with E-state index in [1.807, 2.05) is 13.8 Å². The number of amides is 1. The number of nitrogens with zero attached hydrogens (tertiary/aromatic N) is 1. The van der Waals surface area contributed by atoms with Crippen LogP contribution in [0.15, 0.2) is 18.2 Å². The lowest BCUT2D eigenvalue weighted by Gasteiger charge is -2.30. The number of benzene rings is 1. The minimum absolute atomic E-state index is 0.00585. The van der Waals surface area contributed by atoms with Gasteiger partial charge in [0.25, 0.3) is 5.91 Å². The van der Waals surface area contributed by atoms with Crippen LogP contribution in [0, 0.1) is 11.6 Å². The molecule has 1 rings (SSSR count). The molecule has 6 heteroatoms. The van der Waals surface area contributed by atoms with E-state index in [9.17, 15) is 13.6 Å². The van der Waals surface area contributed by atoms with E-state index in [0.717, 1.165) is 25.0 Å². The van der Waals surface area contributed by atoms with E-state index in [0.29, 0.717) is 6.07 Å². The predicted molar refractivity (Wildman–Crippen MR) is 75.0 cm³/mol. The van der Waals surface area contributed by atoms with Gasteiger partial charge in [0.05, 0.1) is 6.61 Å². The fourth-order valence-corrected chi connectivity index (χ4v) is 2.16. The molecule has 0 unspecified atom stereocenters. The molecule has 0 atom stereocenters. The van der Waals surface area contributed by atoms with Crippen LogP contribution >= 0.6 is 0 Å². The lowest BCUT2D eigenvalue weighted by atomic mass is 10.1. The third kappa shape index (κ3) is 4.97. The average molecular weight is 301 g/mol. The van der Waals surface area contributed by atoms with Crippen molar-refractivity contribution >= 4 is 5.91 Å². The third-order valence-corrected chi connectivity index (χ3v) is 3.29. The number of rotatable bonds is 8. The first-order valence-electron chi connectivity index (χ1n) is 7.01. The summed E-state index contributed by atoms with van der Waals surface area (Å²) in [6.07, 6.45) is 1.51. The fourth-order valence-electron chi connectivity index (χ4n) is 2.16. The van der Waals surface area contributed by atoms with Gasteiger partial charge >= 0.3 is 0 Å². The summed E-state index contributed by atoms with van der Waals surface area (Å²) >= 11 is 0. The van der Waals surface area contributed by atoms with Crippen molar-refractivity contribution < 1.29 is 23.4 Å². The van der Waals surface area contributed by atoms with Crippen LogP contribution in [0.2, 0.25) is 0 Å². The normalized spacial score (nSPS) is 10.8. The van der Waals surface area contributed by atoms with Crippen LogP contribution in [0.3, 0.4) is 0 Å². The van der Waals surface area contributed by atoms with Crippen molar-refractivity contribution in [1.82, 2.24) is 4.90 Å². The average Bonchev–Trinajstić information content (AvgIpc) is 2.46. The van der Waals surface area contributed by atoms with E-state index in [4.69, 9.17) is 9.84 Å². The van der Waals surface area contributed by atoms with Crippen LogP contribution < -0.4 is 4.74 Å². The number of carbonyl (C=O) groups excluding carboxylic acids is 1. The van der Waals surface area contributed by atoms with Gasteiger partial charge in [-0.15, -0.1) is 0 Å². The van der Waals surface area contributed by atoms with Crippen molar-refractivity contribution in [3.05, 3.63) is 29.8 Å². The Labute approximate surface area is 123 Å². The molecule has 1 aromatic rings. The van der Waals surface area contributed by atoms with E-state index in [-0.39, 0.29) is 37.5 Å². The van der Waals surface area contributed by atoms with Crippen molar-refractivity contribution in [1.29, 1.82) is 0 Å². The van der Waals surface area contributed by atoms with Crippen molar-refractivity contribution in [2.24, 2.45) is 0 Å². The van der Waals surface area contributed by atoms with Crippen LogP contribution in [-0.4, -0.2) is 41.7 Å². The Hall–Kier alpha value is -1.69. The number of hydrogen-bond donors (Lipinski definition) is 1. The standard InChI is InChI=1S/C15H21F2NO3/c1-3-12(4-2)18(7-8-19)15(20)10-21-14-6-5-11(16)9-13(14)17/h5-6,9,12,19H,3-4,7-8,10H2,1-2H3. The third-order valence-electron chi connectivity index (χ3n) is 3.29. The SMILES string of the molecule is CCC(CC)N(CCO)C(=O)COc1ccc(F)cc1F. The molecule has 0 saturated carbocycles. The van der Waals surface area contributed by atoms with Crippen LogP contribution in [0.1, 0.15) is 26.7 Å². The van der Waals surface area contributed by atoms with Crippen molar-refractivity contribution in [3.63, 3.8) is 0 Å². The van der Waals surface area contributed by atoms with Crippen LogP contribution in [0.5, 0.6) is 5.75 Å². The molecule has 1 aromatic carbocycles. The van der Waals surface area contributed by atoms with Gasteiger partial charge in [0.2, 0.25) is 0 Å². The Morgan fingerprint density at radius 2 is 2.00 bits per heavy atom. The first-order valence-corrected chi connectivity index (χ1v) is 7.01. The molecule has 0 fully saturated rings. The van der Waals surface area contributed by atoms with Crippen molar-refractivity contribution in [3.8, 4) is 5.75 Å². The summed E-state index contributed by atoms with van der Waals surface area (Å²) in [5, 5.41) is 9.05. The molecule has 0 aliphatic carbocycles. The summed E-state index contributed by atoms with van der Waals surface area (Å²) in [6, 6.07) is 2.92. The summed E-state index contributed by atoms with van der Waals surface area (Å²) in [4.78, 5) is 13.7. The van der Waals surface area contributed by atoms with E-state index in [1.165, 1.54) is 4.90 Å². The maximum atomic E-state index is 13.4. The summed E-state index contributed by atoms with van der Waals surface area (Å²) in [5.41, 5.74) is 0. The Kier molecular flexibility index (Phi) is 7.08. The van der Waals surface area contributed by atoms with Gasteiger partial charge in [0, 0.05) is 18.7 Å². The van der Waals surface area contributed by atoms with Gasteiger partial charge in [-0.05, 0) is 25.0 Å². The summed E-state index contributed by atoms with van der Waals surface area (Å²) in [7, 11) is 0. The number of hydrogen-bond acceptors (Lipinski definition) is 3. The summed E-state index contributed by atoms with van der Waals surface area (Å²) < 4.78 is 31.3. The number of halogens is 2. The van der Waals surface area contributed by atoms with E-state index in [1.54, 1.807) is 0 Å². The minimum Gasteiger partial charge on any atom is -0.481 e. The zero-order valence-electron chi connectivity index (χ0n) is 12.3. The maximum absolute atomic E-state index is 13.4. The van der Waals surface area contributed by atoms with Gasteiger partial charge in [-0.25, -0.2) is 8.78 Å². The highest BCUT2D eigenvalue weighted by molar-refractivity contribution is 5.78. The number of carbonyl (C=O) groups is 1. The maximum Gasteiger partial charge on any atom is 0.260 e. The second kappa shape index (κ2) is 8.56. The molecular formula is C15H21F2NO3. The molecule has 0 aromatic heterocycles. The fraction of sp³-hybridized carbons (Fsp3) is 0.533. The summed E-state index contributed by atoms with van der Waals surface area (Å²) in [5.74, 6) is -2.05. The highest BCUT2D eigenvalue weighted by Crippen LogP contribution is 2.18. The lowest BCUT2D eigenvalue weighted by molar-refractivity contribution is -0.136. The first kappa shape index (κ1) is 17.4. The highest BCUT2D eigenvalue weighted by Gasteiger charge is 2.21. The van der Waals surface area contributed by atoms with Crippen LogP contribution in [-0.2, 0) is 4.79 Å². The monoisotopic (exact) mass is 301 g/mol. The van der Waals surface area contributed by atoms with Gasteiger partial charge < -0.3 is 14.7 Å². The molecule has 4 nitrogen and oxygen atoms in total. The molecule has 0 aliphatic heterocycles. The smallest absolute Gasteiger partial charge is 0.260 e. The first-order chi connectivity index (χ1) is 10.0. The second-order valence-electron chi connectivity index (χ2n) is 4.64. The molecule has 118 valence electrons. The van der Waals surface area contributed by atoms with Gasteiger partial charge in [-0.1, -0.05) is 13.8 Å². The Morgan fingerprint density at radius 1 is 1.33 bits per heavy atom. The van der Waals surface area contributed by atoms with E-state index < -0.39 is 11.6 Å². The second-order valence-corrected chi connectivity index (χ2v) is 4.64. The molecule has 0 saturated heterocycles. The lowest BCUT2D eigenvalue weighted by Crippen LogP contribution is -2.44. The van der Waals surface area contributed by atoms with Gasteiger partial charge in [-0.2, -0.15) is 0 Å². The number of ether oxygens (including phenoxy) is 1. The van der Waals surface area contributed by atoms with Crippen molar-refractivity contribution in [2.75, 3.05) is 19.8 Å². The number of aliphatic hydroxyl groups excluding tert-OH is 1. The molecule has 1 N–H and O–H groups in total. The Bertz CT molecular complexity index is 464. The predicted octanol–water partition coefficient (Wildman–Crippen LogP) is 2.35. The molecule has 21 heavy (non-hydrogen) atoms. The zero-order valence-corrected chi connectivity index (χ0v) is 12.3. The largest absolute Gasteiger partial charge is 0.481 e. The Morgan fingerprint density at radius 3 is 2.52 bits per heavy atom. The number of aliphatic hydroxyl groups is 1.